The third-order valence-corrected chi connectivity index (χ3v) is 11.5. The van der Waals surface area contributed by atoms with Crippen molar-refractivity contribution in [3.63, 3.8) is 0 Å². The van der Waals surface area contributed by atoms with E-state index in [4.69, 9.17) is 9.47 Å². The summed E-state index contributed by atoms with van der Waals surface area (Å²) in [5, 5.41) is 5.29. The van der Waals surface area contributed by atoms with Gasteiger partial charge in [-0.25, -0.2) is 0 Å². The van der Waals surface area contributed by atoms with E-state index in [0.29, 0.717) is 36.4 Å². The molecule has 1 aliphatic rings. The molecule has 7 atom stereocenters. The molecule has 292 valence electrons. The standard InChI is InChI=1S/C39H57N5O8S/c1-9-26(2)36(43(6)35(48)24-40-33(46)23-39(4,5)28-14-11-10-12-15-28)32(51-7)22-34(47)44-21-13-16-31(44)37(52-8)27(3)38(49)42-53(50)30-19-17-29(18-20-30)41-25-45/h10-12,14-15,17-20,25-27,31-32,36-37H,9,13,16,21-24H2,1-8H3,(H,40,46)(H,41,45)(H,42,49). The van der Waals surface area contributed by atoms with Crippen molar-refractivity contribution < 1.29 is 38.0 Å². The van der Waals surface area contributed by atoms with Crippen LogP contribution in [0.5, 0.6) is 0 Å². The zero-order valence-electron chi connectivity index (χ0n) is 32.3. The Labute approximate surface area is 317 Å². The van der Waals surface area contributed by atoms with Crippen LogP contribution in [0.3, 0.4) is 0 Å². The smallest absolute Gasteiger partial charge is 0.267 e. The molecule has 1 fully saturated rings. The van der Waals surface area contributed by atoms with E-state index in [0.717, 1.165) is 12.0 Å². The second-order valence-corrected chi connectivity index (χ2v) is 15.6. The van der Waals surface area contributed by atoms with Crippen LogP contribution in [-0.2, 0) is 50.2 Å². The number of likely N-dealkylation sites (tertiary alicyclic amines) is 1. The monoisotopic (exact) mass is 755 g/mol. The number of ether oxygens (including phenoxy) is 2. The van der Waals surface area contributed by atoms with Crippen molar-refractivity contribution in [2.45, 2.75) is 101 Å². The maximum Gasteiger partial charge on any atom is 0.267 e. The lowest BCUT2D eigenvalue weighted by Gasteiger charge is -2.39. The summed E-state index contributed by atoms with van der Waals surface area (Å²) in [6.45, 7) is 9.96. The Balaban J connectivity index is 1.65. The quantitative estimate of drug-likeness (QED) is 0.136. The first-order valence-electron chi connectivity index (χ1n) is 18.1. The highest BCUT2D eigenvalue weighted by atomic mass is 32.2. The summed E-state index contributed by atoms with van der Waals surface area (Å²) in [5.74, 6) is -1.98. The first-order chi connectivity index (χ1) is 25.2. The Morgan fingerprint density at radius 2 is 1.72 bits per heavy atom. The fourth-order valence-corrected chi connectivity index (χ4v) is 7.94. The number of nitrogens with one attached hydrogen (secondary N) is 3. The predicted octanol–water partition coefficient (Wildman–Crippen LogP) is 3.80. The molecule has 0 aromatic heterocycles. The summed E-state index contributed by atoms with van der Waals surface area (Å²) in [6, 6.07) is 15.1. The van der Waals surface area contributed by atoms with Gasteiger partial charge in [0.15, 0.2) is 4.90 Å². The highest BCUT2D eigenvalue weighted by Crippen LogP contribution is 2.30. The molecular formula is C39H57N5O8S. The first-order valence-corrected chi connectivity index (χ1v) is 19.3. The molecule has 14 heteroatoms. The van der Waals surface area contributed by atoms with Crippen LogP contribution in [0.2, 0.25) is 0 Å². The molecule has 7 unspecified atom stereocenters. The maximum atomic E-state index is 14.0. The van der Waals surface area contributed by atoms with Gasteiger partial charge in [-0.15, -0.1) is 0 Å². The number of methoxy groups -OCH3 is 2. The Morgan fingerprint density at radius 3 is 2.30 bits per heavy atom. The largest absolute Gasteiger partial charge is 0.588 e. The Kier molecular flexibility index (Phi) is 16.8. The topological polar surface area (TPSA) is 169 Å². The second kappa shape index (κ2) is 20.5. The number of likely N-dealkylation sites (N-methyl/N-ethyl adjacent to an activating group) is 1. The highest BCUT2D eigenvalue weighted by Gasteiger charge is 2.42. The van der Waals surface area contributed by atoms with Crippen molar-refractivity contribution in [2.75, 3.05) is 39.7 Å². The van der Waals surface area contributed by atoms with Gasteiger partial charge in [0, 0.05) is 39.9 Å². The minimum absolute atomic E-state index is 0.00671. The molecular weight excluding hydrogens is 699 g/mol. The number of benzene rings is 2. The Morgan fingerprint density at radius 1 is 1.06 bits per heavy atom. The zero-order valence-corrected chi connectivity index (χ0v) is 33.1. The third kappa shape index (κ3) is 11.8. The molecule has 53 heavy (non-hydrogen) atoms. The van der Waals surface area contributed by atoms with Gasteiger partial charge >= 0.3 is 0 Å². The van der Waals surface area contributed by atoms with Crippen LogP contribution in [0, 0.1) is 11.8 Å². The van der Waals surface area contributed by atoms with Crippen LogP contribution < -0.4 is 15.4 Å². The predicted molar refractivity (Wildman–Crippen MR) is 204 cm³/mol. The fraction of sp³-hybridized carbons (Fsp3) is 0.564. The molecule has 0 radical (unpaired) electrons. The second-order valence-electron chi connectivity index (χ2n) is 14.4. The molecule has 0 saturated carbocycles. The van der Waals surface area contributed by atoms with Crippen molar-refractivity contribution in [1.82, 2.24) is 19.8 Å². The number of rotatable bonds is 20. The van der Waals surface area contributed by atoms with Crippen LogP contribution in [0.25, 0.3) is 0 Å². The summed E-state index contributed by atoms with van der Waals surface area (Å²) >= 11 is -1.85. The normalized spacial score (nSPS) is 17.8. The molecule has 1 saturated heterocycles. The number of hydrogen-bond acceptors (Lipinski definition) is 8. The van der Waals surface area contributed by atoms with Gasteiger partial charge in [-0.2, -0.15) is 4.72 Å². The van der Waals surface area contributed by atoms with E-state index < -0.39 is 52.9 Å². The lowest BCUT2D eigenvalue weighted by molar-refractivity contribution is -0.145. The summed E-state index contributed by atoms with van der Waals surface area (Å²) in [4.78, 5) is 68.1. The van der Waals surface area contributed by atoms with Gasteiger partial charge in [0.2, 0.25) is 24.1 Å². The third-order valence-electron chi connectivity index (χ3n) is 10.4. The van der Waals surface area contributed by atoms with Gasteiger partial charge in [-0.05, 0) is 54.0 Å². The van der Waals surface area contributed by atoms with Crippen molar-refractivity contribution in [2.24, 2.45) is 11.8 Å². The molecule has 3 N–H and O–H groups in total. The van der Waals surface area contributed by atoms with Crippen LogP contribution in [-0.4, -0.2) is 103 Å². The van der Waals surface area contributed by atoms with E-state index in [1.807, 2.05) is 58.0 Å². The molecule has 0 aliphatic carbocycles. The SMILES string of the molecule is CCC(C)C(C(CC(=O)N1CCCC1C(OC)C(C)C(=O)N[S+]([O-])c1ccc(NC=O)cc1)OC)N(C)C(=O)CNC(=O)CC(C)(C)c1ccccc1. The lowest BCUT2D eigenvalue weighted by Crippen LogP contribution is -2.54. The number of nitrogens with zero attached hydrogens (tertiary/aromatic N) is 2. The summed E-state index contributed by atoms with van der Waals surface area (Å²) in [6.07, 6.45) is 1.47. The van der Waals surface area contributed by atoms with Gasteiger partial charge < -0.3 is 34.5 Å². The molecule has 2 aromatic carbocycles. The number of carbonyl (C=O) groups is 5. The summed E-state index contributed by atoms with van der Waals surface area (Å²) in [7, 11) is 4.69. The average molecular weight is 756 g/mol. The number of carbonyl (C=O) groups excluding carboxylic acids is 5. The van der Waals surface area contributed by atoms with Crippen molar-refractivity contribution in [3.8, 4) is 0 Å². The van der Waals surface area contributed by atoms with Crippen LogP contribution >= 0.6 is 0 Å². The van der Waals surface area contributed by atoms with E-state index >= 15 is 0 Å². The first kappa shape index (κ1) is 43.4. The van der Waals surface area contributed by atoms with Gasteiger partial charge in [-0.1, -0.05) is 71.4 Å². The molecule has 3 rings (SSSR count). The fourth-order valence-electron chi connectivity index (χ4n) is 7.07. The van der Waals surface area contributed by atoms with Crippen LogP contribution in [0.15, 0.2) is 59.5 Å². The molecule has 13 nitrogen and oxygen atoms in total. The van der Waals surface area contributed by atoms with Crippen molar-refractivity contribution in [1.29, 1.82) is 0 Å². The molecule has 2 aromatic rings. The highest BCUT2D eigenvalue weighted by molar-refractivity contribution is 7.90. The van der Waals surface area contributed by atoms with E-state index in [9.17, 15) is 28.5 Å². The van der Waals surface area contributed by atoms with Gasteiger partial charge in [0.25, 0.3) is 5.91 Å². The van der Waals surface area contributed by atoms with Gasteiger partial charge in [-0.3, -0.25) is 24.0 Å². The summed E-state index contributed by atoms with van der Waals surface area (Å²) in [5.41, 5.74) is 1.14. The van der Waals surface area contributed by atoms with Crippen LogP contribution in [0.1, 0.15) is 72.3 Å². The van der Waals surface area contributed by atoms with E-state index in [2.05, 4.69) is 15.4 Å². The Bertz CT molecular complexity index is 1510. The number of amides is 5. The Hall–Kier alpha value is -3.98. The average Bonchev–Trinajstić information content (AvgIpc) is 3.63. The van der Waals surface area contributed by atoms with Crippen LogP contribution in [0.4, 0.5) is 5.69 Å². The maximum absolute atomic E-state index is 14.0. The molecule has 0 bridgehead atoms. The minimum atomic E-state index is -1.85. The lowest BCUT2D eigenvalue weighted by atomic mass is 9.81. The van der Waals surface area contributed by atoms with E-state index in [1.165, 1.54) is 14.2 Å². The molecule has 0 spiro atoms. The molecule has 1 aliphatic heterocycles. The van der Waals surface area contributed by atoms with Gasteiger partial charge in [0.05, 0.1) is 43.2 Å². The van der Waals surface area contributed by atoms with Gasteiger partial charge in [0.1, 0.15) is 11.4 Å². The number of hydrogen-bond donors (Lipinski definition) is 3. The van der Waals surface area contributed by atoms with E-state index in [-0.39, 0.29) is 43.0 Å². The zero-order chi connectivity index (χ0) is 39.3. The minimum Gasteiger partial charge on any atom is -0.588 e. The van der Waals surface area contributed by atoms with Crippen molar-refractivity contribution in [3.05, 3.63) is 60.2 Å². The summed E-state index contributed by atoms with van der Waals surface area (Å²) < 4.78 is 27.2. The molecule has 1 heterocycles. The molecule has 5 amide bonds. The van der Waals surface area contributed by atoms with E-state index in [1.54, 1.807) is 48.0 Å². The number of anilines is 1. The van der Waals surface area contributed by atoms with Crippen molar-refractivity contribution >= 4 is 47.1 Å².